The third kappa shape index (κ3) is 3.95. The molecule has 1 heterocycles. The number of rotatable bonds is 3. The van der Waals surface area contributed by atoms with E-state index in [0.717, 1.165) is 25.9 Å². The number of hydrogen-bond acceptors (Lipinski definition) is 3. The van der Waals surface area contributed by atoms with Crippen molar-refractivity contribution in [2.75, 3.05) is 19.6 Å². The van der Waals surface area contributed by atoms with Gasteiger partial charge >= 0.3 is 0 Å². The Bertz CT molecular complexity index is 472. The zero-order valence-corrected chi connectivity index (χ0v) is 11.4. The lowest BCUT2D eigenvalue weighted by atomic mass is 10.0. The van der Waals surface area contributed by atoms with Crippen LogP contribution >= 0.6 is 11.6 Å². The molecule has 1 amide bonds. The van der Waals surface area contributed by atoms with Gasteiger partial charge in [0.1, 0.15) is 0 Å². The number of piperidine rings is 1. The van der Waals surface area contributed by atoms with Gasteiger partial charge in [-0.05, 0) is 37.1 Å². The van der Waals surface area contributed by atoms with Crippen LogP contribution in [0, 0.1) is 11.3 Å². The largest absolute Gasteiger partial charge is 0.349 e. The Balaban J connectivity index is 1.84. The molecule has 1 aromatic rings. The molecule has 2 rings (SSSR count). The monoisotopic (exact) mass is 277 g/mol. The molecular weight excluding hydrogens is 262 g/mol. The first-order valence-corrected chi connectivity index (χ1v) is 6.72. The lowest BCUT2D eigenvalue weighted by Crippen LogP contribution is -2.44. The number of nitrogens with one attached hydrogen (secondary N) is 1. The highest BCUT2D eigenvalue weighted by atomic mass is 35.5. The molecule has 0 unspecified atom stereocenters. The lowest BCUT2D eigenvalue weighted by molar-refractivity contribution is 0.0914. The van der Waals surface area contributed by atoms with E-state index in [0.29, 0.717) is 17.1 Å². The summed E-state index contributed by atoms with van der Waals surface area (Å²) in [5.41, 5.74) is 0.629. The molecule has 1 fully saturated rings. The van der Waals surface area contributed by atoms with Crippen LogP contribution in [0.2, 0.25) is 5.02 Å². The van der Waals surface area contributed by atoms with Crippen molar-refractivity contribution in [3.05, 3.63) is 34.9 Å². The molecule has 1 aliphatic heterocycles. The molecule has 100 valence electrons. The summed E-state index contributed by atoms with van der Waals surface area (Å²) < 4.78 is 0. The molecule has 0 aromatic heterocycles. The second-order valence-corrected chi connectivity index (χ2v) is 5.13. The number of nitrogens with zero attached hydrogens (tertiary/aromatic N) is 2. The molecule has 0 atom stereocenters. The number of nitriles is 1. The minimum Gasteiger partial charge on any atom is -0.349 e. The standard InChI is InChI=1S/C14H16ClN3O/c15-12-3-1-11(2-4-12)14(19)17-13-5-8-18(9-6-13)10-7-16/h1-4,13H,5-6,8-10H2,(H,17,19). The van der Waals surface area contributed by atoms with Crippen molar-refractivity contribution in [1.82, 2.24) is 10.2 Å². The van der Waals surface area contributed by atoms with Gasteiger partial charge in [0.05, 0.1) is 12.6 Å². The van der Waals surface area contributed by atoms with Crippen LogP contribution < -0.4 is 5.32 Å². The zero-order valence-electron chi connectivity index (χ0n) is 10.6. The average molecular weight is 278 g/mol. The molecule has 4 nitrogen and oxygen atoms in total. The fourth-order valence-electron chi connectivity index (χ4n) is 2.21. The fraction of sp³-hybridized carbons (Fsp3) is 0.429. The highest BCUT2D eigenvalue weighted by Crippen LogP contribution is 2.12. The molecular formula is C14H16ClN3O. The van der Waals surface area contributed by atoms with E-state index in [1.54, 1.807) is 24.3 Å². The smallest absolute Gasteiger partial charge is 0.251 e. The van der Waals surface area contributed by atoms with E-state index < -0.39 is 0 Å². The summed E-state index contributed by atoms with van der Waals surface area (Å²) in [6.07, 6.45) is 1.78. The summed E-state index contributed by atoms with van der Waals surface area (Å²) in [7, 11) is 0. The summed E-state index contributed by atoms with van der Waals surface area (Å²) in [5.74, 6) is -0.0598. The van der Waals surface area contributed by atoms with E-state index in [1.165, 1.54) is 0 Å². The number of carbonyl (C=O) groups excluding carboxylic acids is 1. The van der Waals surface area contributed by atoms with Crippen molar-refractivity contribution in [3.8, 4) is 6.07 Å². The predicted octanol–water partition coefficient (Wildman–Crippen LogP) is 2.06. The normalized spacial score (nSPS) is 16.8. The maximum atomic E-state index is 12.0. The van der Waals surface area contributed by atoms with Gasteiger partial charge < -0.3 is 5.32 Å². The Morgan fingerprint density at radius 1 is 1.37 bits per heavy atom. The van der Waals surface area contributed by atoms with Gasteiger partial charge in [0.2, 0.25) is 0 Å². The van der Waals surface area contributed by atoms with E-state index in [2.05, 4.69) is 16.3 Å². The highest BCUT2D eigenvalue weighted by Gasteiger charge is 2.20. The molecule has 0 bridgehead atoms. The summed E-state index contributed by atoms with van der Waals surface area (Å²) in [6, 6.07) is 9.22. The van der Waals surface area contributed by atoms with E-state index in [9.17, 15) is 4.79 Å². The maximum Gasteiger partial charge on any atom is 0.251 e. The number of likely N-dealkylation sites (tertiary alicyclic amines) is 1. The SMILES string of the molecule is N#CCN1CCC(NC(=O)c2ccc(Cl)cc2)CC1. The number of hydrogen-bond donors (Lipinski definition) is 1. The van der Waals surface area contributed by atoms with Crippen molar-refractivity contribution >= 4 is 17.5 Å². The third-order valence-corrected chi connectivity index (χ3v) is 3.58. The van der Waals surface area contributed by atoms with Crippen LogP contribution in [0.5, 0.6) is 0 Å². The minimum absolute atomic E-state index is 0.0598. The number of halogens is 1. The fourth-order valence-corrected chi connectivity index (χ4v) is 2.33. The Morgan fingerprint density at radius 2 is 2.00 bits per heavy atom. The topological polar surface area (TPSA) is 56.1 Å². The molecule has 0 radical (unpaired) electrons. The predicted molar refractivity (Wildman–Crippen MR) is 74.0 cm³/mol. The quantitative estimate of drug-likeness (QED) is 0.861. The first-order chi connectivity index (χ1) is 9.19. The summed E-state index contributed by atoms with van der Waals surface area (Å²) >= 11 is 5.79. The summed E-state index contributed by atoms with van der Waals surface area (Å²) in [4.78, 5) is 14.1. The van der Waals surface area contributed by atoms with Gasteiger partial charge in [-0.1, -0.05) is 11.6 Å². The van der Waals surface area contributed by atoms with Gasteiger partial charge in [-0.25, -0.2) is 0 Å². The van der Waals surface area contributed by atoms with Gasteiger partial charge in [-0.3, -0.25) is 9.69 Å². The summed E-state index contributed by atoms with van der Waals surface area (Å²) in [6.45, 7) is 2.19. The van der Waals surface area contributed by atoms with Crippen molar-refractivity contribution in [3.63, 3.8) is 0 Å². The van der Waals surface area contributed by atoms with Crippen molar-refractivity contribution in [2.24, 2.45) is 0 Å². The maximum absolute atomic E-state index is 12.0. The van der Waals surface area contributed by atoms with Crippen LogP contribution in [0.3, 0.4) is 0 Å². The first kappa shape index (κ1) is 13.9. The number of carbonyl (C=O) groups is 1. The molecule has 1 N–H and O–H groups in total. The van der Waals surface area contributed by atoms with Gasteiger partial charge in [-0.2, -0.15) is 5.26 Å². The molecule has 19 heavy (non-hydrogen) atoms. The van der Waals surface area contributed by atoms with Crippen molar-refractivity contribution in [2.45, 2.75) is 18.9 Å². The summed E-state index contributed by atoms with van der Waals surface area (Å²) in [5, 5.41) is 12.3. The molecule has 0 saturated carbocycles. The number of benzene rings is 1. The van der Waals surface area contributed by atoms with Crippen LogP contribution in [-0.2, 0) is 0 Å². The Morgan fingerprint density at radius 3 is 2.58 bits per heavy atom. The molecule has 0 aliphatic carbocycles. The highest BCUT2D eigenvalue weighted by molar-refractivity contribution is 6.30. The lowest BCUT2D eigenvalue weighted by Gasteiger charge is -2.30. The van der Waals surface area contributed by atoms with E-state index >= 15 is 0 Å². The van der Waals surface area contributed by atoms with Crippen LogP contribution in [0.25, 0.3) is 0 Å². The van der Waals surface area contributed by atoms with Gasteiger partial charge in [0.15, 0.2) is 0 Å². The first-order valence-electron chi connectivity index (χ1n) is 6.35. The van der Waals surface area contributed by atoms with E-state index in [4.69, 9.17) is 16.9 Å². The van der Waals surface area contributed by atoms with Crippen molar-refractivity contribution < 1.29 is 4.79 Å². The van der Waals surface area contributed by atoms with Crippen LogP contribution in [0.1, 0.15) is 23.2 Å². The molecule has 0 spiro atoms. The van der Waals surface area contributed by atoms with Gasteiger partial charge in [-0.15, -0.1) is 0 Å². The molecule has 1 saturated heterocycles. The minimum atomic E-state index is -0.0598. The van der Waals surface area contributed by atoms with Crippen LogP contribution in [0.15, 0.2) is 24.3 Å². The Kier molecular flexibility index (Phi) is 4.78. The third-order valence-electron chi connectivity index (χ3n) is 3.32. The molecule has 5 heteroatoms. The Hall–Kier alpha value is -1.57. The second kappa shape index (κ2) is 6.55. The van der Waals surface area contributed by atoms with Gasteiger partial charge in [0, 0.05) is 29.7 Å². The second-order valence-electron chi connectivity index (χ2n) is 4.69. The molecule has 1 aromatic carbocycles. The Labute approximate surface area is 118 Å². The number of amides is 1. The van der Waals surface area contributed by atoms with Gasteiger partial charge in [0.25, 0.3) is 5.91 Å². The van der Waals surface area contributed by atoms with Crippen LogP contribution in [-0.4, -0.2) is 36.5 Å². The van der Waals surface area contributed by atoms with Crippen molar-refractivity contribution in [1.29, 1.82) is 5.26 Å². The average Bonchev–Trinajstić information content (AvgIpc) is 2.42. The zero-order chi connectivity index (χ0) is 13.7. The van der Waals surface area contributed by atoms with E-state index in [-0.39, 0.29) is 11.9 Å². The molecule has 1 aliphatic rings. The van der Waals surface area contributed by atoms with Crippen LogP contribution in [0.4, 0.5) is 0 Å². The van der Waals surface area contributed by atoms with E-state index in [1.807, 2.05) is 0 Å².